The standard InChI is InChI=1S/C21H25F4N3O4/c1-5-27-18(11-6-7-11)26-28(20(27)30)14-9-15(31-16(10-22)17(24)25)12(8-13(14)23)19(29)32-21(2,3)4/h8-9,11,16-17H,5-7,10H2,1-4H3/t16-/m0/s1. The van der Waals surface area contributed by atoms with Crippen molar-refractivity contribution in [3.8, 4) is 11.4 Å². The minimum atomic E-state index is -3.21. The molecule has 0 unspecified atom stereocenters. The van der Waals surface area contributed by atoms with Crippen molar-refractivity contribution in [1.29, 1.82) is 0 Å². The lowest BCUT2D eigenvalue weighted by molar-refractivity contribution is -0.00587. The monoisotopic (exact) mass is 459 g/mol. The van der Waals surface area contributed by atoms with Crippen LogP contribution in [0.5, 0.6) is 5.75 Å². The van der Waals surface area contributed by atoms with Crippen molar-refractivity contribution in [2.75, 3.05) is 6.67 Å². The predicted octanol–water partition coefficient (Wildman–Crippen LogP) is 4.01. The Hall–Kier alpha value is -2.85. The van der Waals surface area contributed by atoms with Crippen LogP contribution in [0.1, 0.15) is 62.6 Å². The average molecular weight is 459 g/mol. The number of hydrogen-bond acceptors (Lipinski definition) is 5. The van der Waals surface area contributed by atoms with Crippen LogP contribution in [0.15, 0.2) is 16.9 Å². The number of rotatable bonds is 8. The second-order valence-electron chi connectivity index (χ2n) is 8.52. The number of ether oxygens (including phenoxy) is 2. The van der Waals surface area contributed by atoms with Crippen LogP contribution in [0.25, 0.3) is 5.69 Å². The molecule has 1 aliphatic carbocycles. The zero-order valence-electron chi connectivity index (χ0n) is 18.2. The molecule has 0 aliphatic heterocycles. The Morgan fingerprint density at radius 1 is 1.28 bits per heavy atom. The molecule has 1 atom stereocenters. The molecule has 1 fully saturated rings. The van der Waals surface area contributed by atoms with Gasteiger partial charge in [-0.15, -0.1) is 5.10 Å². The maximum atomic E-state index is 15.0. The van der Waals surface area contributed by atoms with E-state index < -0.39 is 59.3 Å². The van der Waals surface area contributed by atoms with Crippen LogP contribution in [0.2, 0.25) is 0 Å². The molecule has 176 valence electrons. The van der Waals surface area contributed by atoms with Gasteiger partial charge in [0.05, 0.1) is 0 Å². The van der Waals surface area contributed by atoms with Crippen molar-refractivity contribution >= 4 is 5.97 Å². The molecule has 3 rings (SSSR count). The molecule has 1 aromatic heterocycles. The summed E-state index contributed by atoms with van der Waals surface area (Å²) in [7, 11) is 0. The van der Waals surface area contributed by atoms with E-state index in [2.05, 4.69) is 5.10 Å². The van der Waals surface area contributed by atoms with Crippen LogP contribution in [0.3, 0.4) is 0 Å². The van der Waals surface area contributed by atoms with E-state index in [1.54, 1.807) is 27.7 Å². The molecule has 0 N–H and O–H groups in total. The summed E-state index contributed by atoms with van der Waals surface area (Å²) in [6.07, 6.45) is -3.71. The van der Waals surface area contributed by atoms with Gasteiger partial charge in [0.2, 0.25) is 0 Å². The summed E-state index contributed by atoms with van der Waals surface area (Å²) in [5.74, 6) is -2.03. The summed E-state index contributed by atoms with van der Waals surface area (Å²) in [5.41, 5.74) is -2.51. The maximum absolute atomic E-state index is 15.0. The molecule has 32 heavy (non-hydrogen) atoms. The maximum Gasteiger partial charge on any atom is 0.350 e. The second-order valence-corrected chi connectivity index (χ2v) is 8.52. The van der Waals surface area contributed by atoms with Crippen molar-refractivity contribution < 1.29 is 31.8 Å². The van der Waals surface area contributed by atoms with Gasteiger partial charge in [0, 0.05) is 18.5 Å². The Morgan fingerprint density at radius 3 is 2.44 bits per heavy atom. The van der Waals surface area contributed by atoms with Gasteiger partial charge in [-0.3, -0.25) is 4.57 Å². The molecule has 7 nitrogen and oxygen atoms in total. The zero-order chi connectivity index (χ0) is 23.8. The average Bonchev–Trinajstić information content (AvgIpc) is 3.48. The number of benzene rings is 1. The molecule has 1 aromatic carbocycles. The molecule has 0 amide bonds. The molecule has 0 spiro atoms. The van der Waals surface area contributed by atoms with Gasteiger partial charge in [-0.05, 0) is 46.6 Å². The van der Waals surface area contributed by atoms with Crippen molar-refractivity contribution in [3.05, 3.63) is 39.8 Å². The quantitative estimate of drug-likeness (QED) is 0.441. The van der Waals surface area contributed by atoms with Gasteiger partial charge in [-0.2, -0.15) is 4.68 Å². The highest BCUT2D eigenvalue weighted by Crippen LogP contribution is 2.39. The van der Waals surface area contributed by atoms with E-state index in [4.69, 9.17) is 9.47 Å². The van der Waals surface area contributed by atoms with E-state index in [-0.39, 0.29) is 5.92 Å². The van der Waals surface area contributed by atoms with Crippen LogP contribution in [-0.2, 0) is 11.3 Å². The number of halogens is 4. The number of carbonyl (C=O) groups is 1. The Morgan fingerprint density at radius 2 is 1.94 bits per heavy atom. The smallest absolute Gasteiger partial charge is 0.350 e. The molecule has 0 bridgehead atoms. The summed E-state index contributed by atoms with van der Waals surface area (Å²) >= 11 is 0. The zero-order valence-corrected chi connectivity index (χ0v) is 18.2. The number of nitrogens with zero attached hydrogens (tertiary/aromatic N) is 3. The third-order valence-electron chi connectivity index (χ3n) is 4.76. The lowest BCUT2D eigenvalue weighted by Crippen LogP contribution is -2.30. The Bertz CT molecular complexity index is 1050. The second kappa shape index (κ2) is 8.95. The van der Waals surface area contributed by atoms with Gasteiger partial charge in [0.25, 0.3) is 6.43 Å². The molecule has 1 aliphatic rings. The number of hydrogen-bond donors (Lipinski definition) is 0. The van der Waals surface area contributed by atoms with E-state index in [0.717, 1.165) is 23.6 Å². The summed E-state index contributed by atoms with van der Waals surface area (Å²) in [5, 5.41) is 4.22. The fourth-order valence-electron chi connectivity index (χ4n) is 3.12. The van der Waals surface area contributed by atoms with Gasteiger partial charge in [0.15, 0.2) is 6.10 Å². The van der Waals surface area contributed by atoms with Gasteiger partial charge < -0.3 is 9.47 Å². The van der Waals surface area contributed by atoms with Gasteiger partial charge in [0.1, 0.15) is 40.9 Å². The van der Waals surface area contributed by atoms with Crippen LogP contribution < -0.4 is 10.4 Å². The largest absolute Gasteiger partial charge is 0.481 e. The van der Waals surface area contributed by atoms with Crippen LogP contribution >= 0.6 is 0 Å². The van der Waals surface area contributed by atoms with E-state index in [1.165, 1.54) is 4.57 Å². The normalized spacial score (nSPS) is 15.2. The fraction of sp³-hybridized carbons (Fsp3) is 0.571. The minimum absolute atomic E-state index is 0.0819. The van der Waals surface area contributed by atoms with Crippen LogP contribution in [0.4, 0.5) is 17.6 Å². The first-order valence-electron chi connectivity index (χ1n) is 10.2. The van der Waals surface area contributed by atoms with Gasteiger partial charge >= 0.3 is 11.7 Å². The molecule has 1 heterocycles. The lowest BCUT2D eigenvalue weighted by Gasteiger charge is -2.22. The van der Waals surface area contributed by atoms with Crippen molar-refractivity contribution in [3.63, 3.8) is 0 Å². The first kappa shape index (κ1) is 23.8. The molecule has 0 saturated heterocycles. The van der Waals surface area contributed by atoms with Gasteiger partial charge in [-0.25, -0.2) is 27.2 Å². The van der Waals surface area contributed by atoms with Crippen molar-refractivity contribution in [1.82, 2.24) is 14.3 Å². The number of alkyl halides is 3. The summed E-state index contributed by atoms with van der Waals surface area (Å²) in [6, 6.07) is 1.61. The topological polar surface area (TPSA) is 75.3 Å². The SMILES string of the molecule is CCn1c(C2CC2)nn(-c2cc(O[C@@H](CF)C(F)F)c(C(=O)OC(C)(C)C)cc2F)c1=O. The molecule has 2 aromatic rings. The number of carbonyl (C=O) groups excluding carboxylic acids is 1. The minimum Gasteiger partial charge on any atom is -0.481 e. The third-order valence-corrected chi connectivity index (χ3v) is 4.76. The molecule has 1 saturated carbocycles. The summed E-state index contributed by atoms with van der Waals surface area (Å²) < 4.78 is 66.8. The molecule has 11 heteroatoms. The first-order valence-corrected chi connectivity index (χ1v) is 10.2. The summed E-state index contributed by atoms with van der Waals surface area (Å²) in [6.45, 7) is 5.20. The van der Waals surface area contributed by atoms with E-state index in [0.29, 0.717) is 18.4 Å². The Labute approximate surface area is 181 Å². The molecular formula is C21H25F4N3O4. The molecule has 0 radical (unpaired) electrons. The Kier molecular flexibility index (Phi) is 6.66. The molecular weight excluding hydrogens is 434 g/mol. The fourth-order valence-corrected chi connectivity index (χ4v) is 3.12. The Balaban J connectivity index is 2.14. The highest BCUT2D eigenvalue weighted by Gasteiger charge is 2.32. The highest BCUT2D eigenvalue weighted by molar-refractivity contribution is 5.93. The van der Waals surface area contributed by atoms with Crippen LogP contribution in [-0.4, -0.2) is 45.1 Å². The van der Waals surface area contributed by atoms with Crippen molar-refractivity contribution in [2.45, 2.75) is 71.1 Å². The predicted molar refractivity (Wildman–Crippen MR) is 107 cm³/mol. The first-order chi connectivity index (χ1) is 15.0. The van der Waals surface area contributed by atoms with E-state index >= 15 is 4.39 Å². The van der Waals surface area contributed by atoms with Crippen LogP contribution in [0, 0.1) is 5.82 Å². The summed E-state index contributed by atoms with van der Waals surface area (Å²) in [4.78, 5) is 25.3. The highest BCUT2D eigenvalue weighted by atomic mass is 19.3. The van der Waals surface area contributed by atoms with Gasteiger partial charge in [-0.1, -0.05) is 0 Å². The van der Waals surface area contributed by atoms with E-state index in [9.17, 15) is 22.8 Å². The third kappa shape index (κ3) is 4.97. The number of esters is 1. The van der Waals surface area contributed by atoms with E-state index in [1.807, 2.05) is 0 Å². The number of aromatic nitrogens is 3. The van der Waals surface area contributed by atoms with Crippen molar-refractivity contribution in [2.24, 2.45) is 0 Å². The lowest BCUT2D eigenvalue weighted by atomic mass is 10.1.